The lowest BCUT2D eigenvalue weighted by atomic mass is 9.91. The molecular formula is C11H25N3O2S. The zero-order chi connectivity index (χ0) is 12.9. The third-order valence-corrected chi connectivity index (χ3v) is 5.10. The van der Waals surface area contributed by atoms with Crippen LogP contribution in [0.25, 0.3) is 0 Å². The lowest BCUT2D eigenvalue weighted by Crippen LogP contribution is -2.46. The second-order valence-corrected chi connectivity index (χ2v) is 6.62. The van der Waals surface area contributed by atoms with Crippen LogP contribution in [0.1, 0.15) is 39.0 Å². The molecule has 1 rings (SSSR count). The maximum Gasteiger partial charge on any atom is 0.279 e. The molecule has 1 aliphatic carbocycles. The maximum atomic E-state index is 11.7. The van der Waals surface area contributed by atoms with Gasteiger partial charge in [0.05, 0.1) is 0 Å². The van der Waals surface area contributed by atoms with Crippen LogP contribution in [0.15, 0.2) is 0 Å². The van der Waals surface area contributed by atoms with Gasteiger partial charge in [0.25, 0.3) is 10.2 Å². The van der Waals surface area contributed by atoms with E-state index in [1.54, 1.807) is 7.05 Å². The molecule has 5 nitrogen and oxygen atoms in total. The van der Waals surface area contributed by atoms with Gasteiger partial charge in [-0.3, -0.25) is 0 Å². The Bertz CT molecular complexity index is 311. The zero-order valence-electron chi connectivity index (χ0n) is 11.1. The van der Waals surface area contributed by atoms with Crippen molar-refractivity contribution in [2.75, 3.05) is 20.6 Å². The summed E-state index contributed by atoms with van der Waals surface area (Å²) >= 11 is 0. The molecule has 0 aromatic carbocycles. The van der Waals surface area contributed by atoms with Crippen LogP contribution in [-0.2, 0) is 10.2 Å². The number of hydrogen-bond acceptors (Lipinski definition) is 3. The van der Waals surface area contributed by atoms with Crippen molar-refractivity contribution in [3.63, 3.8) is 0 Å². The van der Waals surface area contributed by atoms with Crippen molar-refractivity contribution in [3.8, 4) is 0 Å². The van der Waals surface area contributed by atoms with Gasteiger partial charge in [-0.2, -0.15) is 12.7 Å². The lowest BCUT2D eigenvalue weighted by molar-refractivity contribution is 0.248. The fraction of sp³-hybridized carbons (Fsp3) is 1.00. The van der Waals surface area contributed by atoms with E-state index in [2.05, 4.69) is 17.0 Å². The van der Waals surface area contributed by atoms with Gasteiger partial charge in [0.1, 0.15) is 0 Å². The summed E-state index contributed by atoms with van der Waals surface area (Å²) in [6.45, 7) is 3.21. The molecule has 2 N–H and O–H groups in total. The van der Waals surface area contributed by atoms with Crippen LogP contribution in [0.2, 0.25) is 0 Å². The first-order valence-corrected chi connectivity index (χ1v) is 7.85. The monoisotopic (exact) mass is 263 g/mol. The second-order valence-electron chi connectivity index (χ2n) is 4.68. The maximum absolute atomic E-state index is 11.7. The first-order valence-electron chi connectivity index (χ1n) is 6.41. The lowest BCUT2D eigenvalue weighted by Gasteiger charge is -2.34. The van der Waals surface area contributed by atoms with Gasteiger partial charge in [-0.15, -0.1) is 0 Å². The van der Waals surface area contributed by atoms with E-state index in [0.29, 0.717) is 6.04 Å². The second kappa shape index (κ2) is 6.68. The van der Waals surface area contributed by atoms with E-state index in [4.69, 9.17) is 0 Å². The molecule has 0 unspecified atom stereocenters. The van der Waals surface area contributed by atoms with Gasteiger partial charge in [-0.25, -0.2) is 4.72 Å². The molecular weight excluding hydrogens is 238 g/mol. The zero-order valence-corrected chi connectivity index (χ0v) is 11.9. The van der Waals surface area contributed by atoms with Gasteiger partial charge in [0.15, 0.2) is 0 Å². The average molecular weight is 263 g/mol. The van der Waals surface area contributed by atoms with E-state index in [-0.39, 0.29) is 6.04 Å². The Kier molecular flexibility index (Phi) is 5.85. The van der Waals surface area contributed by atoms with Crippen molar-refractivity contribution < 1.29 is 8.42 Å². The Morgan fingerprint density at radius 2 is 1.82 bits per heavy atom. The Morgan fingerprint density at radius 1 is 1.24 bits per heavy atom. The van der Waals surface area contributed by atoms with Crippen LogP contribution in [-0.4, -0.2) is 45.4 Å². The highest BCUT2D eigenvalue weighted by Crippen LogP contribution is 2.23. The van der Waals surface area contributed by atoms with Crippen molar-refractivity contribution in [1.29, 1.82) is 0 Å². The van der Waals surface area contributed by atoms with E-state index < -0.39 is 10.2 Å². The minimum atomic E-state index is -3.27. The Labute approximate surface area is 105 Å². The van der Waals surface area contributed by atoms with E-state index in [0.717, 1.165) is 38.6 Å². The molecule has 1 aliphatic rings. The summed E-state index contributed by atoms with van der Waals surface area (Å²) in [6, 6.07) is 0.712. The molecule has 0 atom stereocenters. The topological polar surface area (TPSA) is 61.4 Å². The number of nitrogens with one attached hydrogen (secondary N) is 2. The molecule has 0 aromatic rings. The van der Waals surface area contributed by atoms with Crippen molar-refractivity contribution in [3.05, 3.63) is 0 Å². The van der Waals surface area contributed by atoms with Crippen LogP contribution in [0.3, 0.4) is 0 Å². The fourth-order valence-electron chi connectivity index (χ4n) is 2.33. The third kappa shape index (κ3) is 4.21. The van der Waals surface area contributed by atoms with Crippen molar-refractivity contribution >= 4 is 10.2 Å². The SMILES string of the molecule is CCCNC1CCC(N(C)S(=O)(=O)NC)CC1. The van der Waals surface area contributed by atoms with Crippen molar-refractivity contribution in [2.24, 2.45) is 0 Å². The summed E-state index contributed by atoms with van der Waals surface area (Å²) in [5, 5.41) is 3.50. The van der Waals surface area contributed by atoms with Crippen molar-refractivity contribution in [1.82, 2.24) is 14.3 Å². The summed E-state index contributed by atoms with van der Waals surface area (Å²) in [6.07, 6.45) is 5.16. The molecule has 1 saturated carbocycles. The quantitative estimate of drug-likeness (QED) is 0.741. The molecule has 17 heavy (non-hydrogen) atoms. The predicted octanol–water partition coefficient (Wildman–Crippen LogP) is 0.693. The van der Waals surface area contributed by atoms with Crippen LogP contribution in [0, 0.1) is 0 Å². The molecule has 0 spiro atoms. The van der Waals surface area contributed by atoms with Gasteiger partial charge in [0.2, 0.25) is 0 Å². The van der Waals surface area contributed by atoms with Gasteiger partial charge in [-0.1, -0.05) is 6.92 Å². The van der Waals surface area contributed by atoms with E-state index in [9.17, 15) is 8.42 Å². The molecule has 0 radical (unpaired) electrons. The van der Waals surface area contributed by atoms with Gasteiger partial charge >= 0.3 is 0 Å². The Balaban J connectivity index is 2.41. The minimum absolute atomic E-state index is 0.145. The summed E-state index contributed by atoms with van der Waals surface area (Å²) in [5.41, 5.74) is 0. The minimum Gasteiger partial charge on any atom is -0.314 e. The standard InChI is InChI=1S/C11H25N3O2S/c1-4-9-13-10-5-7-11(8-6-10)14(3)17(15,16)12-2/h10-13H,4-9H2,1-3H3. The molecule has 0 heterocycles. The fourth-order valence-corrected chi connectivity index (χ4v) is 3.22. The first kappa shape index (κ1) is 14.9. The molecule has 0 amide bonds. The van der Waals surface area contributed by atoms with Gasteiger partial charge in [0, 0.05) is 26.2 Å². The van der Waals surface area contributed by atoms with Crippen LogP contribution >= 0.6 is 0 Å². The van der Waals surface area contributed by atoms with Crippen LogP contribution in [0.5, 0.6) is 0 Å². The first-order chi connectivity index (χ1) is 8.01. The smallest absolute Gasteiger partial charge is 0.279 e. The van der Waals surface area contributed by atoms with E-state index in [1.807, 2.05) is 0 Å². The Morgan fingerprint density at radius 3 is 2.29 bits per heavy atom. The summed E-state index contributed by atoms with van der Waals surface area (Å²) in [5.74, 6) is 0. The number of hydrogen-bond donors (Lipinski definition) is 2. The molecule has 6 heteroatoms. The van der Waals surface area contributed by atoms with Gasteiger partial charge in [-0.05, 0) is 38.6 Å². The predicted molar refractivity (Wildman–Crippen MR) is 70.1 cm³/mol. The molecule has 0 bridgehead atoms. The summed E-state index contributed by atoms with van der Waals surface area (Å²) in [4.78, 5) is 0. The van der Waals surface area contributed by atoms with Crippen molar-refractivity contribution in [2.45, 2.75) is 51.1 Å². The molecule has 0 aliphatic heterocycles. The normalized spacial score (nSPS) is 26.4. The Hall–Kier alpha value is -0.170. The third-order valence-electron chi connectivity index (χ3n) is 3.53. The van der Waals surface area contributed by atoms with Crippen LogP contribution in [0.4, 0.5) is 0 Å². The van der Waals surface area contributed by atoms with E-state index >= 15 is 0 Å². The number of rotatable bonds is 6. The number of nitrogens with zero attached hydrogens (tertiary/aromatic N) is 1. The van der Waals surface area contributed by atoms with E-state index in [1.165, 1.54) is 11.4 Å². The largest absolute Gasteiger partial charge is 0.314 e. The highest BCUT2D eigenvalue weighted by atomic mass is 32.2. The molecule has 0 aromatic heterocycles. The summed E-state index contributed by atoms with van der Waals surface area (Å²) < 4.78 is 27.1. The highest BCUT2D eigenvalue weighted by Gasteiger charge is 2.29. The average Bonchev–Trinajstić information content (AvgIpc) is 2.36. The summed E-state index contributed by atoms with van der Waals surface area (Å²) in [7, 11) is -0.148. The molecule has 0 saturated heterocycles. The molecule has 1 fully saturated rings. The highest BCUT2D eigenvalue weighted by molar-refractivity contribution is 7.87. The molecule has 102 valence electrons. The van der Waals surface area contributed by atoms with Crippen LogP contribution < -0.4 is 10.0 Å². The van der Waals surface area contributed by atoms with Gasteiger partial charge < -0.3 is 5.32 Å².